The first-order valence-electron chi connectivity index (χ1n) is 7.05. The van der Waals surface area contributed by atoms with Crippen molar-refractivity contribution in [3.8, 4) is 0 Å². The van der Waals surface area contributed by atoms with E-state index in [0.29, 0.717) is 0 Å². The molecule has 0 aliphatic carbocycles. The van der Waals surface area contributed by atoms with E-state index < -0.39 is 0 Å². The van der Waals surface area contributed by atoms with Crippen LogP contribution in [0.1, 0.15) is 30.1 Å². The molecule has 0 radical (unpaired) electrons. The van der Waals surface area contributed by atoms with Crippen molar-refractivity contribution in [2.45, 2.75) is 24.9 Å². The number of aromatic nitrogens is 1. The Labute approximate surface area is 124 Å². The second-order valence-corrected chi connectivity index (χ2v) is 5.73. The fourth-order valence-electron chi connectivity index (χ4n) is 3.10. The molecule has 1 aromatic carbocycles. The molecule has 2 N–H and O–H groups in total. The van der Waals surface area contributed by atoms with Gasteiger partial charge in [0, 0.05) is 23.0 Å². The molecule has 2 atom stereocenters. The molecule has 0 amide bonds. The van der Waals surface area contributed by atoms with Crippen LogP contribution < -0.4 is 0 Å². The van der Waals surface area contributed by atoms with E-state index in [0.717, 1.165) is 30.1 Å². The van der Waals surface area contributed by atoms with E-state index in [4.69, 9.17) is 11.6 Å². The number of nitrogens with zero attached hydrogens (tertiary/aromatic N) is 1. The summed E-state index contributed by atoms with van der Waals surface area (Å²) in [6.07, 6.45) is 4.14. The average Bonchev–Trinajstić information content (AvgIpc) is 3.13. The fraction of sp³-hybridized carbons (Fsp3) is 0.375. The molecule has 0 spiro atoms. The molecular weight excluding hydrogens is 272 g/mol. The van der Waals surface area contributed by atoms with Gasteiger partial charge in [-0.2, -0.15) is 0 Å². The first kappa shape index (κ1) is 13.7. The summed E-state index contributed by atoms with van der Waals surface area (Å²) in [6, 6.07) is 12.5. The van der Waals surface area contributed by atoms with Crippen LogP contribution in [0.15, 0.2) is 42.6 Å². The smallest absolute Gasteiger partial charge is 0.0757 e. The molecule has 1 saturated heterocycles. The maximum atomic E-state index is 9.60. The maximum absolute atomic E-state index is 9.60. The Bertz CT molecular complexity index is 538. The number of rotatable bonds is 4. The number of aliphatic hydroxyl groups excluding tert-OH is 1. The lowest BCUT2D eigenvalue weighted by Gasteiger charge is -2.32. The summed E-state index contributed by atoms with van der Waals surface area (Å²) in [5.74, 6) is 0. The monoisotopic (exact) mass is 290 g/mol. The molecule has 1 aliphatic heterocycles. The molecule has 1 aromatic heterocycles. The van der Waals surface area contributed by atoms with Gasteiger partial charge >= 0.3 is 0 Å². The van der Waals surface area contributed by atoms with Crippen molar-refractivity contribution in [2.24, 2.45) is 0 Å². The Balaban J connectivity index is 1.98. The maximum Gasteiger partial charge on any atom is 0.0757 e. The molecule has 4 heteroatoms. The molecule has 0 bridgehead atoms. The van der Waals surface area contributed by atoms with Gasteiger partial charge in [-0.25, -0.2) is 0 Å². The number of benzene rings is 1. The van der Waals surface area contributed by atoms with Crippen LogP contribution in [0.25, 0.3) is 0 Å². The van der Waals surface area contributed by atoms with Gasteiger partial charge in [-0.1, -0.05) is 23.7 Å². The van der Waals surface area contributed by atoms with E-state index in [1.54, 1.807) is 0 Å². The van der Waals surface area contributed by atoms with Crippen molar-refractivity contribution in [3.05, 3.63) is 58.9 Å². The molecule has 1 fully saturated rings. The molecule has 2 aromatic rings. The summed E-state index contributed by atoms with van der Waals surface area (Å²) >= 11 is 6.00. The number of H-pyrrole nitrogens is 1. The largest absolute Gasteiger partial charge is 0.395 e. The Morgan fingerprint density at radius 3 is 2.75 bits per heavy atom. The second-order valence-electron chi connectivity index (χ2n) is 5.30. The third-order valence-electron chi connectivity index (χ3n) is 4.07. The minimum atomic E-state index is 0.155. The highest BCUT2D eigenvalue weighted by Gasteiger charge is 2.32. The highest BCUT2D eigenvalue weighted by molar-refractivity contribution is 6.30. The van der Waals surface area contributed by atoms with Gasteiger partial charge in [0.05, 0.1) is 12.6 Å². The van der Waals surface area contributed by atoms with Crippen LogP contribution in [0.3, 0.4) is 0 Å². The molecular formula is C16H19ClN2O. The first-order valence-corrected chi connectivity index (χ1v) is 7.43. The van der Waals surface area contributed by atoms with E-state index in [2.05, 4.69) is 28.1 Å². The standard InChI is InChI=1S/C16H19ClN2O/c17-13-7-5-12(6-8-13)16(15-4-1-9-18-15)19-10-2-3-14(19)11-20/h1,4-9,14,16,18,20H,2-3,10-11H2. The molecule has 3 nitrogen and oxygen atoms in total. The molecule has 2 unspecified atom stereocenters. The van der Waals surface area contributed by atoms with Gasteiger partial charge in [0.1, 0.15) is 0 Å². The van der Waals surface area contributed by atoms with Gasteiger partial charge in [0.15, 0.2) is 0 Å². The lowest BCUT2D eigenvalue weighted by atomic mass is 10.0. The van der Waals surface area contributed by atoms with Gasteiger partial charge in [-0.15, -0.1) is 0 Å². The van der Waals surface area contributed by atoms with Crippen LogP contribution in [-0.2, 0) is 0 Å². The molecule has 3 rings (SSSR count). The quantitative estimate of drug-likeness (QED) is 0.907. The van der Waals surface area contributed by atoms with Gasteiger partial charge < -0.3 is 10.1 Å². The topological polar surface area (TPSA) is 39.3 Å². The zero-order valence-electron chi connectivity index (χ0n) is 11.3. The summed E-state index contributed by atoms with van der Waals surface area (Å²) in [5.41, 5.74) is 2.37. The summed E-state index contributed by atoms with van der Waals surface area (Å²) in [7, 11) is 0. The SMILES string of the molecule is OCC1CCCN1C(c1ccc(Cl)cc1)c1ccc[nH]1. The number of halogens is 1. The lowest BCUT2D eigenvalue weighted by Crippen LogP contribution is -2.36. The predicted octanol–water partition coefficient (Wildman–Crippen LogP) is 3.21. The minimum Gasteiger partial charge on any atom is -0.395 e. The first-order chi connectivity index (χ1) is 9.79. The van der Waals surface area contributed by atoms with E-state index in [-0.39, 0.29) is 18.7 Å². The highest BCUT2D eigenvalue weighted by atomic mass is 35.5. The Kier molecular flexibility index (Phi) is 4.10. The van der Waals surface area contributed by atoms with Crippen molar-refractivity contribution in [1.29, 1.82) is 0 Å². The second kappa shape index (κ2) is 6.00. The predicted molar refractivity (Wildman–Crippen MR) is 80.9 cm³/mol. The summed E-state index contributed by atoms with van der Waals surface area (Å²) in [4.78, 5) is 5.70. The number of nitrogens with one attached hydrogen (secondary N) is 1. The van der Waals surface area contributed by atoms with E-state index >= 15 is 0 Å². The van der Waals surface area contributed by atoms with Gasteiger partial charge in [-0.3, -0.25) is 4.90 Å². The van der Waals surface area contributed by atoms with Crippen molar-refractivity contribution < 1.29 is 5.11 Å². The summed E-state index contributed by atoms with van der Waals surface area (Å²) in [6.45, 7) is 1.22. The van der Waals surface area contributed by atoms with Crippen LogP contribution in [0, 0.1) is 0 Å². The van der Waals surface area contributed by atoms with E-state index in [1.807, 2.05) is 24.4 Å². The molecule has 0 saturated carbocycles. The molecule has 2 heterocycles. The lowest BCUT2D eigenvalue weighted by molar-refractivity contribution is 0.132. The molecule has 20 heavy (non-hydrogen) atoms. The molecule has 1 aliphatic rings. The molecule has 106 valence electrons. The minimum absolute atomic E-state index is 0.155. The van der Waals surface area contributed by atoms with Crippen LogP contribution in [0.4, 0.5) is 0 Å². The van der Waals surface area contributed by atoms with Crippen molar-refractivity contribution in [1.82, 2.24) is 9.88 Å². The van der Waals surface area contributed by atoms with Crippen LogP contribution in [-0.4, -0.2) is 34.2 Å². The van der Waals surface area contributed by atoms with Gasteiger partial charge in [0.2, 0.25) is 0 Å². The van der Waals surface area contributed by atoms with Crippen molar-refractivity contribution in [2.75, 3.05) is 13.2 Å². The summed E-state index contributed by atoms with van der Waals surface area (Å²) < 4.78 is 0. The van der Waals surface area contributed by atoms with Gasteiger partial charge in [0.25, 0.3) is 0 Å². The Morgan fingerprint density at radius 1 is 1.30 bits per heavy atom. The number of likely N-dealkylation sites (tertiary alicyclic amines) is 1. The van der Waals surface area contributed by atoms with E-state index in [1.165, 1.54) is 5.56 Å². The van der Waals surface area contributed by atoms with Crippen molar-refractivity contribution in [3.63, 3.8) is 0 Å². The van der Waals surface area contributed by atoms with E-state index in [9.17, 15) is 5.11 Å². The number of aliphatic hydroxyl groups is 1. The Morgan fingerprint density at radius 2 is 2.10 bits per heavy atom. The summed E-state index contributed by atoms with van der Waals surface area (Å²) in [5, 5.41) is 10.4. The third-order valence-corrected chi connectivity index (χ3v) is 4.32. The van der Waals surface area contributed by atoms with Crippen molar-refractivity contribution >= 4 is 11.6 Å². The Hall–Kier alpha value is -1.29. The normalized spacial score (nSPS) is 21.2. The highest BCUT2D eigenvalue weighted by Crippen LogP contribution is 2.34. The van der Waals surface area contributed by atoms with Crippen LogP contribution >= 0.6 is 11.6 Å². The fourth-order valence-corrected chi connectivity index (χ4v) is 3.23. The van der Waals surface area contributed by atoms with Crippen LogP contribution in [0.2, 0.25) is 5.02 Å². The number of hydrogen-bond acceptors (Lipinski definition) is 2. The third kappa shape index (κ3) is 2.62. The average molecular weight is 291 g/mol. The zero-order chi connectivity index (χ0) is 13.9. The van der Waals surface area contributed by atoms with Crippen LogP contribution in [0.5, 0.6) is 0 Å². The van der Waals surface area contributed by atoms with Gasteiger partial charge in [-0.05, 0) is 49.2 Å². The number of hydrogen-bond donors (Lipinski definition) is 2. The zero-order valence-corrected chi connectivity index (χ0v) is 12.1. The number of aromatic amines is 1.